The standard InChI is InChI=1S/C14H14ClFN2O/c1-4-12-17-13(8(2)14(15)18-12)10-7-9(16)5-6-11(10)19-3/h5-7H,4H2,1-3H3. The van der Waals surface area contributed by atoms with E-state index in [1.165, 1.54) is 19.2 Å². The van der Waals surface area contributed by atoms with Crippen molar-refractivity contribution in [1.82, 2.24) is 9.97 Å². The van der Waals surface area contributed by atoms with Crippen molar-refractivity contribution < 1.29 is 9.13 Å². The largest absolute Gasteiger partial charge is 0.496 e. The van der Waals surface area contributed by atoms with Crippen LogP contribution in [0.25, 0.3) is 11.3 Å². The van der Waals surface area contributed by atoms with E-state index in [9.17, 15) is 4.39 Å². The molecule has 0 bridgehead atoms. The van der Waals surface area contributed by atoms with Gasteiger partial charge in [-0.15, -0.1) is 0 Å². The molecular formula is C14H14ClFN2O. The summed E-state index contributed by atoms with van der Waals surface area (Å²) in [5.74, 6) is 0.834. The molecule has 0 radical (unpaired) electrons. The molecule has 0 atom stereocenters. The van der Waals surface area contributed by atoms with E-state index in [0.29, 0.717) is 40.0 Å². The van der Waals surface area contributed by atoms with Crippen LogP contribution in [0.15, 0.2) is 18.2 Å². The van der Waals surface area contributed by atoms with Crippen LogP contribution in [0.3, 0.4) is 0 Å². The van der Waals surface area contributed by atoms with E-state index in [2.05, 4.69) is 9.97 Å². The molecule has 0 fully saturated rings. The second kappa shape index (κ2) is 5.53. The first-order valence-corrected chi connectivity index (χ1v) is 6.31. The van der Waals surface area contributed by atoms with E-state index < -0.39 is 0 Å². The van der Waals surface area contributed by atoms with Gasteiger partial charge in [0.1, 0.15) is 22.5 Å². The Morgan fingerprint density at radius 2 is 2.05 bits per heavy atom. The third kappa shape index (κ3) is 2.68. The van der Waals surface area contributed by atoms with Crippen molar-refractivity contribution in [2.24, 2.45) is 0 Å². The molecule has 2 rings (SSSR count). The molecule has 0 aliphatic rings. The minimum Gasteiger partial charge on any atom is -0.496 e. The highest BCUT2D eigenvalue weighted by Gasteiger charge is 2.15. The predicted octanol–water partition coefficient (Wildman–Crippen LogP) is 3.82. The molecule has 1 aromatic carbocycles. The van der Waals surface area contributed by atoms with Gasteiger partial charge in [-0.1, -0.05) is 18.5 Å². The summed E-state index contributed by atoms with van der Waals surface area (Å²) < 4.78 is 18.7. The Morgan fingerprint density at radius 1 is 1.32 bits per heavy atom. The lowest BCUT2D eigenvalue weighted by Gasteiger charge is -2.12. The molecule has 0 unspecified atom stereocenters. The number of nitrogens with zero attached hydrogens (tertiary/aromatic N) is 2. The monoisotopic (exact) mass is 280 g/mol. The zero-order chi connectivity index (χ0) is 14.0. The Hall–Kier alpha value is -1.68. The number of benzene rings is 1. The number of aromatic nitrogens is 2. The van der Waals surface area contributed by atoms with Crippen molar-refractivity contribution in [3.8, 4) is 17.0 Å². The molecule has 0 aliphatic heterocycles. The van der Waals surface area contributed by atoms with Crippen molar-refractivity contribution in [2.75, 3.05) is 7.11 Å². The second-order valence-electron chi connectivity index (χ2n) is 4.10. The van der Waals surface area contributed by atoms with Gasteiger partial charge in [0, 0.05) is 17.5 Å². The molecular weight excluding hydrogens is 267 g/mol. The Morgan fingerprint density at radius 3 is 2.68 bits per heavy atom. The van der Waals surface area contributed by atoms with E-state index >= 15 is 0 Å². The first kappa shape index (κ1) is 13.7. The summed E-state index contributed by atoms with van der Waals surface area (Å²) in [5.41, 5.74) is 1.90. The fourth-order valence-corrected chi connectivity index (χ4v) is 2.01. The van der Waals surface area contributed by atoms with Gasteiger partial charge in [0.25, 0.3) is 0 Å². The molecule has 0 amide bonds. The van der Waals surface area contributed by atoms with Gasteiger partial charge >= 0.3 is 0 Å². The summed E-state index contributed by atoms with van der Waals surface area (Å²) in [5, 5.41) is 0.383. The van der Waals surface area contributed by atoms with Gasteiger partial charge in [-0.05, 0) is 25.1 Å². The minimum atomic E-state index is -0.344. The average molecular weight is 281 g/mol. The van der Waals surface area contributed by atoms with E-state index in [-0.39, 0.29) is 5.82 Å². The summed E-state index contributed by atoms with van der Waals surface area (Å²) >= 11 is 6.10. The summed E-state index contributed by atoms with van der Waals surface area (Å²) in [7, 11) is 1.54. The van der Waals surface area contributed by atoms with Crippen molar-refractivity contribution in [3.63, 3.8) is 0 Å². The van der Waals surface area contributed by atoms with E-state index in [4.69, 9.17) is 16.3 Å². The molecule has 2 aromatic rings. The average Bonchev–Trinajstić information content (AvgIpc) is 2.41. The highest BCUT2D eigenvalue weighted by Crippen LogP contribution is 2.33. The molecule has 1 aromatic heterocycles. The number of halogens is 2. The van der Waals surface area contributed by atoms with Crippen molar-refractivity contribution in [3.05, 3.63) is 40.6 Å². The molecule has 1 heterocycles. The Bertz CT molecular complexity index is 617. The molecule has 5 heteroatoms. The molecule has 0 aliphatic carbocycles. The van der Waals surface area contributed by atoms with Crippen molar-refractivity contribution in [2.45, 2.75) is 20.3 Å². The zero-order valence-electron chi connectivity index (χ0n) is 11.0. The van der Waals surface area contributed by atoms with Crippen LogP contribution < -0.4 is 4.74 Å². The lowest BCUT2D eigenvalue weighted by molar-refractivity contribution is 0.415. The molecule has 100 valence electrons. The topological polar surface area (TPSA) is 35.0 Å². The van der Waals surface area contributed by atoms with Gasteiger partial charge < -0.3 is 4.74 Å². The number of hydrogen-bond donors (Lipinski definition) is 0. The maximum absolute atomic E-state index is 13.5. The molecule has 0 N–H and O–H groups in total. The third-order valence-corrected chi connectivity index (χ3v) is 3.23. The maximum Gasteiger partial charge on any atom is 0.136 e. The van der Waals surface area contributed by atoms with Gasteiger partial charge in [-0.25, -0.2) is 14.4 Å². The third-order valence-electron chi connectivity index (χ3n) is 2.87. The van der Waals surface area contributed by atoms with Crippen LogP contribution in [0.2, 0.25) is 5.15 Å². The van der Waals surface area contributed by atoms with Crippen LogP contribution in [0.1, 0.15) is 18.3 Å². The van der Waals surface area contributed by atoms with Crippen molar-refractivity contribution >= 4 is 11.6 Å². The van der Waals surface area contributed by atoms with Crippen LogP contribution in [0.4, 0.5) is 4.39 Å². The van der Waals surface area contributed by atoms with E-state index in [1.807, 2.05) is 6.92 Å². The maximum atomic E-state index is 13.5. The Balaban J connectivity index is 2.70. The van der Waals surface area contributed by atoms with E-state index in [0.717, 1.165) is 0 Å². The summed E-state index contributed by atoms with van der Waals surface area (Å²) in [6.07, 6.45) is 0.657. The predicted molar refractivity (Wildman–Crippen MR) is 73.1 cm³/mol. The number of hydrogen-bond acceptors (Lipinski definition) is 3. The summed E-state index contributed by atoms with van der Waals surface area (Å²) in [6.45, 7) is 3.75. The smallest absolute Gasteiger partial charge is 0.136 e. The fourth-order valence-electron chi connectivity index (χ4n) is 1.82. The number of aryl methyl sites for hydroxylation is 1. The number of ether oxygens (including phenoxy) is 1. The van der Waals surface area contributed by atoms with Crippen LogP contribution >= 0.6 is 11.6 Å². The quantitative estimate of drug-likeness (QED) is 0.802. The molecule has 19 heavy (non-hydrogen) atoms. The van der Waals surface area contributed by atoms with Crippen molar-refractivity contribution in [1.29, 1.82) is 0 Å². The second-order valence-corrected chi connectivity index (χ2v) is 4.46. The summed E-state index contributed by atoms with van der Waals surface area (Å²) in [6, 6.07) is 4.32. The molecule has 0 saturated heterocycles. The lowest BCUT2D eigenvalue weighted by atomic mass is 10.1. The molecule has 3 nitrogen and oxygen atoms in total. The minimum absolute atomic E-state index is 0.344. The normalized spacial score (nSPS) is 10.6. The first-order valence-electron chi connectivity index (χ1n) is 5.93. The Kier molecular flexibility index (Phi) is 4.00. The number of methoxy groups -OCH3 is 1. The highest BCUT2D eigenvalue weighted by molar-refractivity contribution is 6.30. The van der Waals surface area contributed by atoms with Crippen LogP contribution in [-0.2, 0) is 6.42 Å². The Labute approximate surface area is 116 Å². The fraction of sp³-hybridized carbons (Fsp3) is 0.286. The van der Waals surface area contributed by atoms with Crippen LogP contribution in [0.5, 0.6) is 5.75 Å². The van der Waals surface area contributed by atoms with Crippen LogP contribution in [-0.4, -0.2) is 17.1 Å². The lowest BCUT2D eigenvalue weighted by Crippen LogP contribution is -2.01. The highest BCUT2D eigenvalue weighted by atomic mass is 35.5. The van der Waals surface area contributed by atoms with Gasteiger partial charge in [0.15, 0.2) is 0 Å². The molecule has 0 spiro atoms. The summed E-state index contributed by atoms with van der Waals surface area (Å²) in [4.78, 5) is 8.60. The van der Waals surface area contributed by atoms with Gasteiger partial charge in [0.2, 0.25) is 0 Å². The SMILES string of the molecule is CCc1nc(Cl)c(C)c(-c2cc(F)ccc2OC)n1. The van der Waals surface area contributed by atoms with Crippen LogP contribution in [0, 0.1) is 12.7 Å². The zero-order valence-corrected chi connectivity index (χ0v) is 11.8. The van der Waals surface area contributed by atoms with Gasteiger partial charge in [-0.2, -0.15) is 0 Å². The van der Waals surface area contributed by atoms with E-state index in [1.54, 1.807) is 13.0 Å². The molecule has 0 saturated carbocycles. The van der Waals surface area contributed by atoms with Gasteiger partial charge in [0.05, 0.1) is 12.8 Å². The van der Waals surface area contributed by atoms with Gasteiger partial charge in [-0.3, -0.25) is 0 Å². The first-order chi connectivity index (χ1) is 9.06. The number of rotatable bonds is 3.